The number of amides is 1. The number of hydrogen-bond donors (Lipinski definition) is 2. The van der Waals surface area contributed by atoms with E-state index in [0.29, 0.717) is 11.3 Å². The van der Waals surface area contributed by atoms with Crippen molar-refractivity contribution in [3.05, 3.63) is 53.6 Å². The van der Waals surface area contributed by atoms with Gasteiger partial charge in [-0.2, -0.15) is 5.26 Å². The Hall–Kier alpha value is -3.79. The van der Waals surface area contributed by atoms with Crippen molar-refractivity contribution in [3.63, 3.8) is 0 Å². The fraction of sp³-hybridized carbons (Fsp3) is 0.292. The van der Waals surface area contributed by atoms with Gasteiger partial charge in [0.05, 0.1) is 28.4 Å². The molecule has 0 bridgehead atoms. The van der Waals surface area contributed by atoms with Gasteiger partial charge in [0.15, 0.2) is 0 Å². The van der Waals surface area contributed by atoms with Gasteiger partial charge in [-0.3, -0.25) is 5.32 Å². The monoisotopic (exact) mass is 417 g/mol. The standard InChI is InChI=1S/C24H23N3O4/c1-14(2)31-24(30)26-17-9-6-15(7-10-17)22-20(13-25)19-11-8-16(23(28)29)12-21(19)27(22)18-4-3-5-18/h6-12,14,18H,3-5H2,1-2H3,(H,26,30)(H,28,29). The summed E-state index contributed by atoms with van der Waals surface area (Å²) >= 11 is 0. The number of aromatic carboxylic acids is 1. The van der Waals surface area contributed by atoms with E-state index in [1.165, 1.54) is 6.07 Å². The predicted molar refractivity (Wildman–Crippen MR) is 117 cm³/mol. The van der Waals surface area contributed by atoms with Crippen molar-refractivity contribution >= 4 is 28.7 Å². The second kappa shape index (κ2) is 8.15. The number of anilines is 1. The van der Waals surface area contributed by atoms with Crippen molar-refractivity contribution in [1.82, 2.24) is 4.57 Å². The number of nitrogens with one attached hydrogen (secondary N) is 1. The molecule has 1 fully saturated rings. The number of hydrogen-bond acceptors (Lipinski definition) is 4. The van der Waals surface area contributed by atoms with Gasteiger partial charge in [0, 0.05) is 17.1 Å². The third-order valence-electron chi connectivity index (χ3n) is 5.55. The van der Waals surface area contributed by atoms with E-state index >= 15 is 0 Å². The van der Waals surface area contributed by atoms with Gasteiger partial charge >= 0.3 is 12.1 Å². The third kappa shape index (κ3) is 3.84. The van der Waals surface area contributed by atoms with Gasteiger partial charge in [-0.1, -0.05) is 18.2 Å². The number of nitriles is 1. The number of carboxylic acid groups (broad SMARTS) is 1. The Morgan fingerprint density at radius 2 is 1.90 bits per heavy atom. The minimum absolute atomic E-state index is 0.199. The molecule has 1 amide bonds. The number of benzene rings is 2. The van der Waals surface area contributed by atoms with Gasteiger partial charge in [-0.05, 0) is 62.9 Å². The van der Waals surface area contributed by atoms with Crippen molar-refractivity contribution in [2.75, 3.05) is 5.32 Å². The average Bonchev–Trinajstić information content (AvgIpc) is 3.00. The number of aromatic nitrogens is 1. The highest BCUT2D eigenvalue weighted by Gasteiger charge is 2.28. The molecule has 0 unspecified atom stereocenters. The average molecular weight is 417 g/mol. The maximum absolute atomic E-state index is 11.8. The second-order valence-corrected chi connectivity index (χ2v) is 7.98. The molecule has 1 saturated carbocycles. The molecule has 1 aliphatic rings. The molecule has 0 spiro atoms. The van der Waals surface area contributed by atoms with Crippen LogP contribution in [0.2, 0.25) is 0 Å². The number of carbonyl (C=O) groups excluding carboxylic acids is 1. The van der Waals surface area contributed by atoms with E-state index < -0.39 is 12.1 Å². The zero-order valence-corrected chi connectivity index (χ0v) is 17.4. The first-order chi connectivity index (χ1) is 14.9. The molecule has 0 saturated heterocycles. The molecule has 0 aliphatic heterocycles. The first-order valence-electron chi connectivity index (χ1n) is 10.3. The summed E-state index contributed by atoms with van der Waals surface area (Å²) in [5.41, 5.74) is 3.69. The fourth-order valence-electron chi connectivity index (χ4n) is 3.94. The fourth-order valence-corrected chi connectivity index (χ4v) is 3.94. The van der Waals surface area contributed by atoms with Crippen LogP contribution in [0.25, 0.3) is 22.2 Å². The number of carboxylic acids is 1. The summed E-state index contributed by atoms with van der Waals surface area (Å²) in [5.74, 6) is -0.993. The van der Waals surface area contributed by atoms with Crippen LogP contribution in [0.4, 0.5) is 10.5 Å². The summed E-state index contributed by atoms with van der Waals surface area (Å²) < 4.78 is 7.21. The van der Waals surface area contributed by atoms with Crippen molar-refractivity contribution in [2.24, 2.45) is 0 Å². The molecule has 1 aliphatic carbocycles. The summed E-state index contributed by atoms with van der Waals surface area (Å²) in [6.07, 6.45) is 2.33. The summed E-state index contributed by atoms with van der Waals surface area (Å²) in [7, 11) is 0. The van der Waals surface area contributed by atoms with Crippen LogP contribution in [0.15, 0.2) is 42.5 Å². The van der Waals surface area contributed by atoms with Crippen molar-refractivity contribution in [3.8, 4) is 17.3 Å². The summed E-state index contributed by atoms with van der Waals surface area (Å²) in [6, 6.07) is 14.7. The molecule has 0 atom stereocenters. The lowest BCUT2D eigenvalue weighted by atomic mass is 9.92. The molecule has 7 heteroatoms. The van der Waals surface area contributed by atoms with Gasteiger partial charge in [0.25, 0.3) is 0 Å². The van der Waals surface area contributed by atoms with E-state index in [9.17, 15) is 20.0 Å². The number of carbonyl (C=O) groups is 2. The lowest BCUT2D eigenvalue weighted by molar-refractivity contribution is 0.0697. The van der Waals surface area contributed by atoms with Gasteiger partial charge in [0.1, 0.15) is 6.07 Å². The Bertz CT molecular complexity index is 1200. The summed E-state index contributed by atoms with van der Waals surface area (Å²) in [4.78, 5) is 23.4. The number of nitrogens with zero attached hydrogens (tertiary/aromatic N) is 2. The first-order valence-corrected chi connectivity index (χ1v) is 10.3. The van der Waals surface area contributed by atoms with Gasteiger partial charge < -0.3 is 14.4 Å². The maximum Gasteiger partial charge on any atom is 0.411 e. The van der Waals surface area contributed by atoms with Gasteiger partial charge in [-0.15, -0.1) is 0 Å². The van der Waals surface area contributed by atoms with Crippen LogP contribution in [0.5, 0.6) is 0 Å². The van der Waals surface area contributed by atoms with Crippen molar-refractivity contribution in [2.45, 2.75) is 45.3 Å². The minimum atomic E-state index is -0.993. The Labute approximate surface area is 179 Å². The molecule has 3 aromatic rings. The molecule has 158 valence electrons. The molecule has 7 nitrogen and oxygen atoms in total. The van der Waals surface area contributed by atoms with E-state index in [4.69, 9.17) is 4.74 Å². The van der Waals surface area contributed by atoms with Crippen LogP contribution in [-0.4, -0.2) is 27.8 Å². The van der Waals surface area contributed by atoms with Crippen LogP contribution < -0.4 is 5.32 Å². The molecule has 1 aromatic heterocycles. The van der Waals surface area contributed by atoms with E-state index in [0.717, 1.165) is 41.4 Å². The topological polar surface area (TPSA) is 104 Å². The molecule has 2 N–H and O–H groups in total. The van der Waals surface area contributed by atoms with Crippen LogP contribution >= 0.6 is 0 Å². The highest BCUT2D eigenvalue weighted by atomic mass is 16.6. The molecular formula is C24H23N3O4. The number of fused-ring (bicyclic) bond motifs is 1. The van der Waals surface area contributed by atoms with Crippen molar-refractivity contribution < 1.29 is 19.4 Å². The van der Waals surface area contributed by atoms with Crippen LogP contribution in [0.3, 0.4) is 0 Å². The van der Waals surface area contributed by atoms with Gasteiger partial charge in [0.2, 0.25) is 0 Å². The summed E-state index contributed by atoms with van der Waals surface area (Å²) in [6.45, 7) is 3.56. The van der Waals surface area contributed by atoms with Crippen molar-refractivity contribution in [1.29, 1.82) is 5.26 Å². The van der Waals surface area contributed by atoms with E-state index in [-0.39, 0.29) is 17.7 Å². The quantitative estimate of drug-likeness (QED) is 0.565. The SMILES string of the molecule is CC(C)OC(=O)Nc1ccc(-c2c(C#N)c3ccc(C(=O)O)cc3n2C2CCC2)cc1. The zero-order chi connectivity index (χ0) is 22.1. The lowest BCUT2D eigenvalue weighted by Gasteiger charge is -2.30. The van der Waals surface area contributed by atoms with Crippen LogP contribution in [0, 0.1) is 11.3 Å². The largest absolute Gasteiger partial charge is 0.478 e. The van der Waals surface area contributed by atoms with Crippen LogP contribution in [-0.2, 0) is 4.74 Å². The van der Waals surface area contributed by atoms with E-state index in [2.05, 4.69) is 16.0 Å². The number of ether oxygens (including phenoxy) is 1. The maximum atomic E-state index is 11.8. The molecule has 1 heterocycles. The first kappa shape index (κ1) is 20.5. The predicted octanol–water partition coefficient (Wildman–Crippen LogP) is 5.56. The Morgan fingerprint density at radius 3 is 2.45 bits per heavy atom. The lowest BCUT2D eigenvalue weighted by Crippen LogP contribution is -2.18. The van der Waals surface area contributed by atoms with Gasteiger partial charge in [-0.25, -0.2) is 9.59 Å². The Morgan fingerprint density at radius 1 is 1.19 bits per heavy atom. The summed E-state index contributed by atoms with van der Waals surface area (Å²) in [5, 5.41) is 22.8. The zero-order valence-electron chi connectivity index (χ0n) is 17.4. The van der Waals surface area contributed by atoms with E-state index in [1.807, 2.05) is 12.1 Å². The Balaban J connectivity index is 1.80. The smallest absolute Gasteiger partial charge is 0.411 e. The highest BCUT2D eigenvalue weighted by molar-refractivity contribution is 5.99. The van der Waals surface area contributed by atoms with E-state index in [1.54, 1.807) is 38.1 Å². The third-order valence-corrected chi connectivity index (χ3v) is 5.55. The molecule has 0 radical (unpaired) electrons. The van der Waals surface area contributed by atoms with Crippen LogP contribution in [0.1, 0.15) is 55.1 Å². The molecule has 31 heavy (non-hydrogen) atoms. The highest BCUT2D eigenvalue weighted by Crippen LogP contribution is 2.42. The number of rotatable bonds is 5. The molecular weight excluding hydrogens is 394 g/mol. The Kier molecular flexibility index (Phi) is 5.38. The second-order valence-electron chi connectivity index (χ2n) is 7.98. The molecule has 4 rings (SSSR count). The minimum Gasteiger partial charge on any atom is -0.478 e. The molecule has 2 aromatic carbocycles. The normalized spacial score (nSPS) is 13.6.